The molecule has 0 unspecified atom stereocenters. The van der Waals surface area contributed by atoms with E-state index in [2.05, 4.69) is 20.3 Å². The Balaban J connectivity index is 1.83. The summed E-state index contributed by atoms with van der Waals surface area (Å²) in [5.74, 6) is 0. The molecule has 0 atom stereocenters. The summed E-state index contributed by atoms with van der Waals surface area (Å²) in [6.45, 7) is 0.382. The predicted octanol–water partition coefficient (Wildman–Crippen LogP) is 2.24. The van der Waals surface area contributed by atoms with E-state index in [1.165, 1.54) is 6.07 Å². The summed E-state index contributed by atoms with van der Waals surface area (Å²) in [6.07, 6.45) is 4.69. The zero-order valence-corrected chi connectivity index (χ0v) is 11.4. The van der Waals surface area contributed by atoms with Crippen LogP contribution in [0.2, 0.25) is 0 Å². The van der Waals surface area contributed by atoms with Crippen molar-refractivity contribution >= 4 is 22.4 Å². The predicted molar refractivity (Wildman–Crippen MR) is 75.0 cm³/mol. The van der Waals surface area contributed by atoms with Crippen molar-refractivity contribution in [3.05, 3.63) is 22.2 Å². The number of non-ortho nitro benzene ring substituents is 1. The Bertz CT molecular complexity index is 663. The van der Waals surface area contributed by atoms with Crippen LogP contribution in [-0.4, -0.2) is 32.5 Å². The number of aliphatic hydroxyl groups is 1. The lowest BCUT2D eigenvalue weighted by Gasteiger charge is -2.32. The molecule has 1 aliphatic rings. The first-order valence-corrected chi connectivity index (χ1v) is 6.95. The third-order valence-corrected chi connectivity index (χ3v) is 3.98. The van der Waals surface area contributed by atoms with Crippen LogP contribution >= 0.6 is 0 Å². The topological polar surface area (TPSA) is 114 Å². The number of nitro benzene ring substituents is 1. The van der Waals surface area contributed by atoms with Crippen molar-refractivity contribution in [3.63, 3.8) is 0 Å². The van der Waals surface area contributed by atoms with Crippen LogP contribution in [0.1, 0.15) is 32.1 Å². The molecule has 1 fully saturated rings. The SMILES string of the molecule is O=[N+]([O-])c1ccc(NCC2(O)CCCCC2)c2nonc12. The van der Waals surface area contributed by atoms with Gasteiger partial charge in [-0.2, -0.15) is 0 Å². The van der Waals surface area contributed by atoms with Crippen molar-refractivity contribution < 1.29 is 14.7 Å². The lowest BCUT2D eigenvalue weighted by atomic mass is 9.85. The Morgan fingerprint density at radius 3 is 2.71 bits per heavy atom. The lowest BCUT2D eigenvalue weighted by molar-refractivity contribution is -0.383. The number of hydrogen-bond donors (Lipinski definition) is 2. The number of fused-ring (bicyclic) bond motifs is 1. The van der Waals surface area contributed by atoms with Crippen molar-refractivity contribution in [3.8, 4) is 0 Å². The molecule has 21 heavy (non-hydrogen) atoms. The van der Waals surface area contributed by atoms with Gasteiger partial charge in [-0.15, -0.1) is 0 Å². The van der Waals surface area contributed by atoms with Crippen molar-refractivity contribution in [1.82, 2.24) is 10.3 Å². The molecule has 0 saturated heterocycles. The number of hydrogen-bond acceptors (Lipinski definition) is 7. The molecular weight excluding hydrogens is 276 g/mol. The first-order valence-electron chi connectivity index (χ1n) is 6.95. The highest BCUT2D eigenvalue weighted by Gasteiger charge is 2.29. The Morgan fingerprint density at radius 1 is 1.29 bits per heavy atom. The third-order valence-electron chi connectivity index (χ3n) is 3.98. The number of benzene rings is 1. The average Bonchev–Trinajstić information content (AvgIpc) is 2.94. The summed E-state index contributed by atoms with van der Waals surface area (Å²) in [4.78, 5) is 10.4. The van der Waals surface area contributed by atoms with Crippen molar-refractivity contribution in [2.75, 3.05) is 11.9 Å². The van der Waals surface area contributed by atoms with E-state index in [9.17, 15) is 15.2 Å². The van der Waals surface area contributed by atoms with Crippen LogP contribution < -0.4 is 5.32 Å². The summed E-state index contributed by atoms with van der Waals surface area (Å²) in [6, 6.07) is 2.93. The van der Waals surface area contributed by atoms with Gasteiger partial charge in [-0.05, 0) is 29.2 Å². The van der Waals surface area contributed by atoms with E-state index < -0.39 is 10.5 Å². The summed E-state index contributed by atoms with van der Waals surface area (Å²) in [5.41, 5.74) is 0.122. The summed E-state index contributed by atoms with van der Waals surface area (Å²) in [7, 11) is 0. The van der Waals surface area contributed by atoms with Crippen LogP contribution in [0.5, 0.6) is 0 Å². The number of nitrogens with zero attached hydrogens (tertiary/aromatic N) is 3. The van der Waals surface area contributed by atoms with E-state index in [1.807, 2.05) is 0 Å². The molecular formula is C13H16N4O4. The molecule has 0 bridgehead atoms. The Hall–Kier alpha value is -2.22. The molecule has 0 amide bonds. The van der Waals surface area contributed by atoms with Gasteiger partial charge in [0.15, 0.2) is 5.52 Å². The summed E-state index contributed by atoms with van der Waals surface area (Å²) in [5, 5.41) is 31.8. The molecule has 8 heteroatoms. The number of nitrogens with one attached hydrogen (secondary N) is 1. The molecule has 1 heterocycles. The van der Waals surface area contributed by atoms with Gasteiger partial charge in [0.25, 0.3) is 0 Å². The highest BCUT2D eigenvalue weighted by molar-refractivity contribution is 5.93. The molecule has 112 valence electrons. The standard InChI is InChI=1S/C13H16N4O4/c18-13(6-2-1-3-7-13)8-14-9-4-5-10(17(19)20)12-11(9)15-21-16-12/h4-5,14,18H,1-3,6-8H2. The van der Waals surface area contributed by atoms with Crippen LogP contribution in [0, 0.1) is 10.1 Å². The number of nitro groups is 1. The second-order valence-corrected chi connectivity index (χ2v) is 5.49. The molecule has 1 aliphatic carbocycles. The van der Waals surface area contributed by atoms with E-state index >= 15 is 0 Å². The normalized spacial score (nSPS) is 17.8. The van der Waals surface area contributed by atoms with Gasteiger partial charge in [-0.25, -0.2) is 4.63 Å². The maximum Gasteiger partial charge on any atom is 0.300 e. The highest BCUT2D eigenvalue weighted by atomic mass is 16.6. The minimum Gasteiger partial charge on any atom is -0.388 e. The molecule has 0 spiro atoms. The fourth-order valence-corrected chi connectivity index (χ4v) is 2.79. The molecule has 8 nitrogen and oxygen atoms in total. The van der Waals surface area contributed by atoms with Crippen LogP contribution in [0.4, 0.5) is 11.4 Å². The minimum absolute atomic E-state index is 0.112. The quantitative estimate of drug-likeness (QED) is 0.656. The second-order valence-electron chi connectivity index (χ2n) is 5.49. The number of rotatable bonds is 4. The van der Waals surface area contributed by atoms with Gasteiger partial charge in [0.2, 0.25) is 5.52 Å². The molecule has 1 aromatic carbocycles. The molecule has 0 aliphatic heterocycles. The fourth-order valence-electron chi connectivity index (χ4n) is 2.79. The van der Waals surface area contributed by atoms with Crippen molar-refractivity contribution in [2.45, 2.75) is 37.7 Å². The average molecular weight is 292 g/mol. The van der Waals surface area contributed by atoms with Crippen molar-refractivity contribution in [1.29, 1.82) is 0 Å². The van der Waals surface area contributed by atoms with E-state index in [-0.39, 0.29) is 11.2 Å². The van der Waals surface area contributed by atoms with Crippen LogP contribution in [0.3, 0.4) is 0 Å². The Morgan fingerprint density at radius 2 is 2.00 bits per heavy atom. The van der Waals surface area contributed by atoms with Crippen molar-refractivity contribution in [2.24, 2.45) is 0 Å². The lowest BCUT2D eigenvalue weighted by Crippen LogP contribution is -2.38. The fraction of sp³-hybridized carbons (Fsp3) is 0.538. The zero-order chi connectivity index (χ0) is 14.9. The van der Waals surface area contributed by atoms with E-state index in [4.69, 9.17) is 0 Å². The first kappa shape index (κ1) is 13.7. The first-order chi connectivity index (χ1) is 10.1. The molecule has 2 aromatic rings. The van der Waals surface area contributed by atoms with Gasteiger partial charge in [0.1, 0.15) is 0 Å². The van der Waals surface area contributed by atoms with Gasteiger partial charge < -0.3 is 10.4 Å². The Kier molecular flexibility index (Phi) is 3.46. The van der Waals surface area contributed by atoms with E-state index in [0.29, 0.717) is 17.7 Å². The monoisotopic (exact) mass is 292 g/mol. The number of aromatic nitrogens is 2. The third kappa shape index (κ3) is 2.66. The Labute approximate surface area is 120 Å². The minimum atomic E-state index is -0.733. The summed E-state index contributed by atoms with van der Waals surface area (Å²) < 4.78 is 4.61. The maximum absolute atomic E-state index is 10.9. The zero-order valence-electron chi connectivity index (χ0n) is 11.4. The smallest absolute Gasteiger partial charge is 0.300 e. The molecule has 3 rings (SSSR count). The van der Waals surface area contributed by atoms with E-state index in [0.717, 1.165) is 32.1 Å². The van der Waals surface area contributed by atoms with E-state index in [1.54, 1.807) is 6.07 Å². The number of anilines is 1. The molecule has 2 N–H and O–H groups in total. The van der Waals surface area contributed by atoms with Gasteiger partial charge in [-0.3, -0.25) is 10.1 Å². The van der Waals surface area contributed by atoms with Crippen LogP contribution in [-0.2, 0) is 0 Å². The maximum atomic E-state index is 10.9. The second kappa shape index (κ2) is 5.28. The van der Waals surface area contributed by atoms with Crippen LogP contribution in [0.15, 0.2) is 16.8 Å². The van der Waals surface area contributed by atoms with Gasteiger partial charge in [0, 0.05) is 12.6 Å². The van der Waals surface area contributed by atoms with Gasteiger partial charge in [-0.1, -0.05) is 19.3 Å². The largest absolute Gasteiger partial charge is 0.388 e. The van der Waals surface area contributed by atoms with Gasteiger partial charge in [0.05, 0.1) is 16.2 Å². The molecule has 0 radical (unpaired) electrons. The van der Waals surface area contributed by atoms with Gasteiger partial charge >= 0.3 is 5.69 Å². The molecule has 1 saturated carbocycles. The molecule has 1 aromatic heterocycles. The summed E-state index contributed by atoms with van der Waals surface area (Å²) >= 11 is 0. The van der Waals surface area contributed by atoms with Crippen LogP contribution in [0.25, 0.3) is 11.0 Å². The highest BCUT2D eigenvalue weighted by Crippen LogP contribution is 2.31.